The van der Waals surface area contributed by atoms with Crippen LogP contribution in [0.5, 0.6) is 0 Å². The summed E-state index contributed by atoms with van der Waals surface area (Å²) in [5.74, 6) is 0. The third-order valence-electron chi connectivity index (χ3n) is 12.1. The Balaban J connectivity index is 1.07. The van der Waals surface area contributed by atoms with Crippen LogP contribution < -0.4 is 14.7 Å². The Morgan fingerprint density at radius 3 is 1.49 bits per heavy atom. The molecular weight excluding hydrogens is 741 g/mol. The fourth-order valence-corrected chi connectivity index (χ4v) is 9.24. The van der Waals surface area contributed by atoms with Gasteiger partial charge in [-0.05, 0) is 167 Å². The van der Waals surface area contributed by atoms with Crippen molar-refractivity contribution in [1.29, 1.82) is 0 Å². The summed E-state index contributed by atoms with van der Waals surface area (Å²) >= 11 is 0. The summed E-state index contributed by atoms with van der Waals surface area (Å²) in [5.41, 5.74) is 16.3. The van der Waals surface area contributed by atoms with Crippen molar-refractivity contribution in [2.24, 2.45) is 0 Å². The lowest BCUT2D eigenvalue weighted by molar-refractivity contribution is 0.353. The van der Waals surface area contributed by atoms with Crippen molar-refractivity contribution in [1.82, 2.24) is 4.90 Å². The second-order valence-electron chi connectivity index (χ2n) is 16.6. The van der Waals surface area contributed by atoms with Gasteiger partial charge in [0.25, 0.3) is 0 Å². The first-order valence-electron chi connectivity index (χ1n) is 22.0. The molecule has 4 nitrogen and oxygen atoms in total. The number of hydrogen-bond donors (Lipinski definition) is 0. The van der Waals surface area contributed by atoms with Gasteiger partial charge >= 0.3 is 0 Å². The quantitative estimate of drug-likeness (QED) is 0.125. The minimum Gasteiger partial charge on any atom is -0.338 e. The molecule has 5 aromatic rings. The van der Waals surface area contributed by atoms with Gasteiger partial charge in [0.05, 0.1) is 12.1 Å². The highest BCUT2D eigenvalue weighted by atomic mass is 15.2. The first-order valence-corrected chi connectivity index (χ1v) is 22.0. The van der Waals surface area contributed by atoms with Gasteiger partial charge in [0.1, 0.15) is 0 Å². The summed E-state index contributed by atoms with van der Waals surface area (Å²) in [7, 11) is 0. The molecule has 0 spiro atoms. The molecule has 0 aliphatic heterocycles. The van der Waals surface area contributed by atoms with Crippen molar-refractivity contribution < 1.29 is 0 Å². The molecule has 5 aromatic carbocycles. The van der Waals surface area contributed by atoms with E-state index in [1.54, 1.807) is 0 Å². The van der Waals surface area contributed by atoms with Crippen molar-refractivity contribution in [3.05, 3.63) is 245 Å². The molecule has 2 atom stereocenters. The number of allylic oxidation sites excluding steroid dienone is 10. The van der Waals surface area contributed by atoms with Crippen molar-refractivity contribution in [2.75, 3.05) is 14.7 Å². The first kappa shape index (κ1) is 39.7. The number of hydrogen-bond acceptors (Lipinski definition) is 4. The first-order chi connectivity index (χ1) is 30.0. The largest absolute Gasteiger partial charge is 0.338 e. The summed E-state index contributed by atoms with van der Waals surface area (Å²) in [6, 6.07) is 48.7. The molecule has 0 heterocycles. The van der Waals surface area contributed by atoms with Gasteiger partial charge in [-0.1, -0.05) is 109 Å². The zero-order valence-corrected chi connectivity index (χ0v) is 35.7. The summed E-state index contributed by atoms with van der Waals surface area (Å²) in [6.45, 7) is 6.54. The second-order valence-corrected chi connectivity index (χ2v) is 16.6. The van der Waals surface area contributed by atoms with E-state index in [1.807, 2.05) is 0 Å². The van der Waals surface area contributed by atoms with Crippen LogP contribution in [0, 0.1) is 20.8 Å². The number of nitrogens with zero attached hydrogens (tertiary/aromatic N) is 4. The Kier molecular flexibility index (Phi) is 11.9. The Bertz CT molecular complexity index is 2600. The van der Waals surface area contributed by atoms with Gasteiger partial charge in [0.15, 0.2) is 0 Å². The van der Waals surface area contributed by atoms with Gasteiger partial charge in [-0.3, -0.25) is 0 Å². The molecule has 4 heteroatoms. The van der Waals surface area contributed by atoms with E-state index >= 15 is 0 Å². The standard InChI is InChI=1S/C57H56N4/c1-43-16-13-25-55(40-43)59(46-19-7-4-8-20-46)52-34-28-49(29-35-52)58(50-30-36-53(37-31-50)60(47-21-9-5-10-22-47)56-26-14-17-44(2)41-56)51-32-38-54(39-33-51)61(48-23-11-6-12-24-48)57-27-15-18-45(3)42-57/h4-11,13-23,25-30,32,34,36,38-42,51-52H,12,24,31,33,35,37H2,1-3H3. The monoisotopic (exact) mass is 796 g/mol. The van der Waals surface area contributed by atoms with Crippen LogP contribution in [-0.2, 0) is 0 Å². The molecule has 0 amide bonds. The molecule has 9 rings (SSSR count). The van der Waals surface area contributed by atoms with E-state index in [4.69, 9.17) is 0 Å². The molecule has 0 radical (unpaired) electrons. The van der Waals surface area contributed by atoms with Crippen LogP contribution in [-0.4, -0.2) is 17.0 Å². The molecule has 0 N–H and O–H groups in total. The number of aryl methyl sites for hydroxylation is 3. The second kappa shape index (κ2) is 18.2. The molecule has 4 aliphatic rings. The lowest BCUT2D eigenvalue weighted by atomic mass is 9.95. The van der Waals surface area contributed by atoms with Gasteiger partial charge in [0, 0.05) is 56.9 Å². The highest BCUT2D eigenvalue weighted by Crippen LogP contribution is 2.40. The molecule has 0 fully saturated rings. The maximum atomic E-state index is 2.63. The third-order valence-corrected chi connectivity index (χ3v) is 12.1. The van der Waals surface area contributed by atoms with Crippen LogP contribution >= 0.6 is 0 Å². The van der Waals surface area contributed by atoms with Crippen LogP contribution in [0.15, 0.2) is 229 Å². The molecule has 0 bridgehead atoms. The van der Waals surface area contributed by atoms with E-state index in [0.717, 1.165) is 38.5 Å². The van der Waals surface area contributed by atoms with Crippen molar-refractivity contribution in [3.63, 3.8) is 0 Å². The number of rotatable bonds is 12. The Morgan fingerprint density at radius 2 is 0.934 bits per heavy atom. The third kappa shape index (κ3) is 8.90. The molecule has 61 heavy (non-hydrogen) atoms. The highest BCUT2D eigenvalue weighted by Gasteiger charge is 2.29. The van der Waals surface area contributed by atoms with Gasteiger partial charge in [-0.2, -0.15) is 0 Å². The molecular formula is C57H56N4. The van der Waals surface area contributed by atoms with Crippen LogP contribution in [0.3, 0.4) is 0 Å². The lowest BCUT2D eigenvalue weighted by Gasteiger charge is -2.40. The average Bonchev–Trinajstić information content (AvgIpc) is 3.30. The normalized spacial score (nSPS) is 18.3. The smallest absolute Gasteiger partial charge is 0.0561 e. The fourth-order valence-electron chi connectivity index (χ4n) is 9.24. The van der Waals surface area contributed by atoms with E-state index < -0.39 is 0 Å². The van der Waals surface area contributed by atoms with E-state index in [0.29, 0.717) is 0 Å². The molecule has 304 valence electrons. The predicted molar refractivity (Wildman–Crippen MR) is 258 cm³/mol. The summed E-state index contributed by atoms with van der Waals surface area (Å²) in [6.07, 6.45) is 31.8. The van der Waals surface area contributed by atoms with E-state index in [2.05, 4.69) is 241 Å². The molecule has 0 aromatic heterocycles. The summed E-state index contributed by atoms with van der Waals surface area (Å²) < 4.78 is 0. The average molecular weight is 797 g/mol. The van der Waals surface area contributed by atoms with Gasteiger partial charge in [-0.15, -0.1) is 0 Å². The van der Waals surface area contributed by atoms with Crippen LogP contribution in [0.2, 0.25) is 0 Å². The maximum Gasteiger partial charge on any atom is 0.0561 e. The highest BCUT2D eigenvalue weighted by molar-refractivity contribution is 5.70. The van der Waals surface area contributed by atoms with E-state index in [1.165, 1.54) is 73.6 Å². The molecule has 0 saturated carbocycles. The number of para-hydroxylation sites is 2. The van der Waals surface area contributed by atoms with Crippen LogP contribution in [0.1, 0.15) is 55.2 Å². The minimum atomic E-state index is 0.168. The van der Waals surface area contributed by atoms with E-state index in [9.17, 15) is 0 Å². The van der Waals surface area contributed by atoms with Crippen molar-refractivity contribution in [3.8, 4) is 0 Å². The van der Waals surface area contributed by atoms with Crippen molar-refractivity contribution >= 4 is 28.4 Å². The van der Waals surface area contributed by atoms with Crippen LogP contribution in [0.25, 0.3) is 0 Å². The summed E-state index contributed by atoms with van der Waals surface area (Å²) in [5, 5.41) is 0. The van der Waals surface area contributed by atoms with Gasteiger partial charge in [0.2, 0.25) is 0 Å². The zero-order chi connectivity index (χ0) is 41.5. The molecule has 2 unspecified atom stereocenters. The maximum absolute atomic E-state index is 2.63. The Morgan fingerprint density at radius 1 is 0.426 bits per heavy atom. The SMILES string of the molecule is Cc1cccc(N(C2=CCC(N(C3=CCC(N(c4ccccc4)c4cccc(C)c4)C=C3)C3=CC=C(N(c4ccccc4)c4cccc(C)c4)CC3)C=C2)C2=CC=CCC2)c1. The lowest BCUT2D eigenvalue weighted by Crippen LogP contribution is -2.37. The van der Waals surface area contributed by atoms with Crippen molar-refractivity contribution in [2.45, 2.75) is 71.4 Å². The zero-order valence-electron chi connectivity index (χ0n) is 35.7. The van der Waals surface area contributed by atoms with E-state index in [-0.39, 0.29) is 12.1 Å². The molecule has 4 aliphatic carbocycles. The minimum absolute atomic E-state index is 0.168. The Labute approximate surface area is 363 Å². The van der Waals surface area contributed by atoms with Gasteiger partial charge in [-0.25, -0.2) is 0 Å². The predicted octanol–water partition coefficient (Wildman–Crippen LogP) is 14.6. The Hall–Kier alpha value is -6.78. The fraction of sp³-hybridized carbons (Fsp3) is 0.193. The summed E-state index contributed by atoms with van der Waals surface area (Å²) in [4.78, 5) is 10.0. The van der Waals surface area contributed by atoms with Gasteiger partial charge < -0.3 is 19.6 Å². The van der Waals surface area contributed by atoms with Crippen LogP contribution in [0.4, 0.5) is 28.4 Å². The molecule has 0 saturated heterocycles. The number of benzene rings is 5. The number of anilines is 5. The topological polar surface area (TPSA) is 13.0 Å².